The number of methoxy groups -OCH3 is 1. The monoisotopic (exact) mass is 1620 g/mol. The van der Waals surface area contributed by atoms with Gasteiger partial charge < -0.3 is 73.4 Å². The molecule has 4 fully saturated rings. The zero-order valence-electron chi connectivity index (χ0n) is 60.5. The molecular formula is C68H108N2O26S8. The molecule has 4 aliphatic rings. The SMILES string of the molecule is CCC(OC(=O)CC(OC(=O)CC(OC(C)=O)C(=O)OCCCCCC1CCSS1)C(=O)O)C(=O)OCCCCCC1CCSS1.CNC(CCC(=O)NC(CCC(C)=O)C(=O)O)C(=O)OCCCCCC1CCSS1.COC(CC(=O)OCCCCCC1CCSS1)C(=O)OC(CC(C)=O)C(=O)O. The predicted octanol–water partition coefficient (Wildman–Crippen LogP) is 10.7. The van der Waals surface area contributed by atoms with E-state index in [0.29, 0.717) is 29.9 Å². The van der Waals surface area contributed by atoms with Crippen molar-refractivity contribution >= 4 is 169 Å². The minimum Gasteiger partial charge on any atom is -0.480 e. The fourth-order valence-corrected chi connectivity index (χ4v) is 22.2. The van der Waals surface area contributed by atoms with Gasteiger partial charge in [0.25, 0.3) is 0 Å². The van der Waals surface area contributed by atoms with E-state index in [1.165, 1.54) is 82.5 Å². The van der Waals surface area contributed by atoms with Crippen LogP contribution in [0, 0.1) is 0 Å². The lowest BCUT2D eigenvalue weighted by Crippen LogP contribution is -2.42. The Morgan fingerprint density at radius 2 is 0.798 bits per heavy atom. The van der Waals surface area contributed by atoms with Gasteiger partial charge in [-0.05, 0) is 117 Å². The van der Waals surface area contributed by atoms with Crippen molar-refractivity contribution in [1.29, 1.82) is 0 Å². The first-order valence-electron chi connectivity index (χ1n) is 35.5. The van der Waals surface area contributed by atoms with Gasteiger partial charge in [0.05, 0.1) is 52.1 Å². The molecule has 0 bridgehead atoms. The average molecular weight is 1630 g/mol. The molecule has 11 unspecified atom stereocenters. The Hall–Kier alpha value is -4.30. The number of esters is 8. The number of carboxylic acid groups (broad SMARTS) is 3. The number of carbonyl (C=O) groups is 14. The number of ketones is 2. The normalized spacial score (nSPS) is 18.7. The maximum absolute atomic E-state index is 12.5. The van der Waals surface area contributed by atoms with Crippen LogP contribution in [0.2, 0.25) is 0 Å². The van der Waals surface area contributed by atoms with Gasteiger partial charge in [-0.15, -0.1) is 0 Å². The molecule has 0 aliphatic carbocycles. The first-order chi connectivity index (χ1) is 49.7. The van der Waals surface area contributed by atoms with Crippen LogP contribution in [0.25, 0.3) is 0 Å². The molecule has 4 heterocycles. The highest BCUT2D eigenvalue weighted by molar-refractivity contribution is 8.78. The Balaban J connectivity index is 0.000000554. The molecule has 0 aromatic heterocycles. The molecule has 11 atom stereocenters. The summed E-state index contributed by atoms with van der Waals surface area (Å²) in [5.41, 5.74) is 0. The molecule has 5 N–H and O–H groups in total. The van der Waals surface area contributed by atoms with Gasteiger partial charge in [-0.1, -0.05) is 145 Å². The third-order valence-electron chi connectivity index (χ3n) is 15.9. The average Bonchev–Trinajstić information content (AvgIpc) is 1.20. The van der Waals surface area contributed by atoms with Crippen LogP contribution in [0.3, 0.4) is 0 Å². The molecule has 4 aliphatic heterocycles. The van der Waals surface area contributed by atoms with E-state index in [4.69, 9.17) is 52.8 Å². The highest BCUT2D eigenvalue weighted by atomic mass is 33.1. The van der Waals surface area contributed by atoms with Gasteiger partial charge in [-0.25, -0.2) is 28.8 Å². The molecule has 0 aromatic carbocycles. The van der Waals surface area contributed by atoms with Gasteiger partial charge >= 0.3 is 65.7 Å². The number of carbonyl (C=O) groups excluding carboxylic acids is 11. The summed E-state index contributed by atoms with van der Waals surface area (Å²) in [6.07, 6.45) is 10.6. The van der Waals surface area contributed by atoms with E-state index in [1.807, 2.05) is 86.4 Å². The van der Waals surface area contributed by atoms with Gasteiger partial charge in [0, 0.05) is 70.9 Å². The topological polar surface area (TPSA) is 407 Å². The summed E-state index contributed by atoms with van der Waals surface area (Å²) in [5.74, 6) is -7.35. The molecule has 0 spiro atoms. The number of rotatable bonds is 53. The second kappa shape index (κ2) is 58.7. The van der Waals surface area contributed by atoms with Gasteiger partial charge in [0.2, 0.25) is 24.2 Å². The summed E-state index contributed by atoms with van der Waals surface area (Å²) in [6.45, 7) is 6.10. The van der Waals surface area contributed by atoms with Crippen LogP contribution < -0.4 is 10.6 Å². The van der Waals surface area contributed by atoms with E-state index in [2.05, 4.69) is 10.6 Å². The maximum atomic E-state index is 12.5. The van der Waals surface area contributed by atoms with Gasteiger partial charge in [0.15, 0.2) is 12.2 Å². The van der Waals surface area contributed by atoms with E-state index in [9.17, 15) is 72.2 Å². The van der Waals surface area contributed by atoms with Gasteiger partial charge in [-0.3, -0.25) is 33.6 Å². The Morgan fingerprint density at radius 3 is 1.17 bits per heavy atom. The van der Waals surface area contributed by atoms with Crippen LogP contribution in [0.5, 0.6) is 0 Å². The van der Waals surface area contributed by atoms with Crippen molar-refractivity contribution in [2.45, 2.75) is 278 Å². The van der Waals surface area contributed by atoms with Crippen molar-refractivity contribution in [3.63, 3.8) is 0 Å². The number of carboxylic acids is 3. The van der Waals surface area contributed by atoms with E-state index in [1.54, 1.807) is 14.0 Å². The van der Waals surface area contributed by atoms with Crippen molar-refractivity contribution in [3.8, 4) is 0 Å². The summed E-state index contributed by atoms with van der Waals surface area (Å²) in [7, 11) is 18.2. The number of unbranched alkanes of at least 4 members (excludes halogenated alkanes) is 8. The largest absolute Gasteiger partial charge is 0.480 e. The van der Waals surface area contributed by atoms with Crippen molar-refractivity contribution in [2.24, 2.45) is 0 Å². The lowest BCUT2D eigenvalue weighted by molar-refractivity contribution is -0.178. The highest BCUT2D eigenvalue weighted by Gasteiger charge is 2.35. The van der Waals surface area contributed by atoms with Crippen LogP contribution >= 0.6 is 86.4 Å². The van der Waals surface area contributed by atoms with Gasteiger partial charge in [-0.2, -0.15) is 0 Å². The second-order valence-electron chi connectivity index (χ2n) is 24.8. The molecule has 0 radical (unpaired) electrons. The quantitative estimate of drug-likeness (QED) is 0.0163. The van der Waals surface area contributed by atoms with Crippen molar-refractivity contribution in [3.05, 3.63) is 0 Å². The molecule has 4 rings (SSSR count). The minimum atomic E-state index is -1.96. The minimum absolute atomic E-state index is 0.0124. The number of aliphatic carboxylic acids is 3. The van der Waals surface area contributed by atoms with Gasteiger partial charge in [0.1, 0.15) is 23.7 Å². The molecule has 1 amide bonds. The van der Waals surface area contributed by atoms with E-state index in [-0.39, 0.29) is 64.1 Å². The zero-order valence-corrected chi connectivity index (χ0v) is 67.0. The van der Waals surface area contributed by atoms with E-state index < -0.39 is 139 Å². The fraction of sp³-hybridized carbons (Fsp3) is 0.794. The first-order valence-corrected chi connectivity index (χ1v) is 45.0. The molecule has 104 heavy (non-hydrogen) atoms. The lowest BCUT2D eigenvalue weighted by Gasteiger charge is -2.19. The van der Waals surface area contributed by atoms with Crippen LogP contribution in [0.4, 0.5) is 0 Å². The summed E-state index contributed by atoms with van der Waals surface area (Å²) in [5, 5.41) is 35.8. The third kappa shape index (κ3) is 46.8. The Kier molecular flexibility index (Phi) is 54.0. The molecule has 0 aromatic rings. The summed E-state index contributed by atoms with van der Waals surface area (Å²) in [4.78, 5) is 166. The first kappa shape index (κ1) is 95.8. The number of nitrogens with one attached hydrogen (secondary N) is 2. The van der Waals surface area contributed by atoms with E-state index in [0.717, 1.165) is 94.5 Å². The summed E-state index contributed by atoms with van der Waals surface area (Å²) in [6, 6.07) is -1.73. The van der Waals surface area contributed by atoms with Crippen LogP contribution in [0.15, 0.2) is 0 Å². The molecular weight excluding hydrogens is 1520 g/mol. The molecule has 36 heteroatoms. The number of likely N-dealkylation sites (N-methyl/N-ethyl adjacent to an activating group) is 1. The number of Topliss-reactive ketones (excluding diaryl/α,β-unsaturated/α-hetero) is 2. The van der Waals surface area contributed by atoms with Crippen LogP contribution in [-0.4, -0.2) is 226 Å². The Labute approximate surface area is 642 Å². The van der Waals surface area contributed by atoms with Crippen LogP contribution in [0.1, 0.15) is 214 Å². The van der Waals surface area contributed by atoms with Crippen molar-refractivity contribution in [2.75, 3.05) is 63.6 Å². The zero-order chi connectivity index (χ0) is 77.0. The van der Waals surface area contributed by atoms with Crippen molar-refractivity contribution in [1.82, 2.24) is 10.6 Å². The Bertz CT molecular complexity index is 2630. The number of amides is 1. The molecule has 28 nitrogen and oxygen atoms in total. The number of ether oxygens (including phenoxy) is 9. The smallest absolute Gasteiger partial charge is 0.348 e. The van der Waals surface area contributed by atoms with E-state index >= 15 is 0 Å². The number of hydrogen-bond donors (Lipinski definition) is 5. The summed E-state index contributed by atoms with van der Waals surface area (Å²) >= 11 is 0. The molecule has 594 valence electrons. The Morgan fingerprint density at radius 1 is 0.404 bits per heavy atom. The predicted molar refractivity (Wildman–Crippen MR) is 404 cm³/mol. The molecule has 0 saturated carbocycles. The van der Waals surface area contributed by atoms with Crippen LogP contribution in [-0.2, 0) is 110 Å². The number of hydrogen-bond acceptors (Lipinski definition) is 32. The summed E-state index contributed by atoms with van der Waals surface area (Å²) < 4.78 is 45.5. The fourth-order valence-electron chi connectivity index (χ4n) is 10.1. The molecule has 4 saturated heterocycles. The van der Waals surface area contributed by atoms with Crippen molar-refractivity contribution < 1.29 is 125 Å². The lowest BCUT2D eigenvalue weighted by atomic mass is 10.1. The third-order valence-corrected chi connectivity index (χ3v) is 28.0. The maximum Gasteiger partial charge on any atom is 0.348 e. The highest BCUT2D eigenvalue weighted by Crippen LogP contribution is 2.42. The second-order valence-corrected chi connectivity index (χ2v) is 36.0. The standard InChI is InChI=1S/C30H46O12S4.C20H34N2O6S2.C18H28O8S2/c1-3-23(29(36)38-14-8-4-6-10-21-12-16-43-45-21)41-26(32)18-24(28(34)35)42-27(33)19-25(40-20(2)31)30(37)39-15-9-5-7-11-22-13-17-44-46-22;1-14(23)7-8-16(19(25)26)22-18(24)10-9-17(21-2)20(27)28-12-5-3-4-6-15-11-13-29-30-15;1-12(19)10-14(17(21)22)26-18(23)15(24-2)11-16(20)25-8-5-3-4-6-13-7-9-27-28-13/h21-25H,3-19H2,1-2H3,(H,34,35);15-17,21H,3-13H2,1-2H3,(H,22,24)(H,25,26);13-15H,3-11H2,1-2H3,(H,21,22).